The third-order valence-electron chi connectivity index (χ3n) is 4.27. The highest BCUT2D eigenvalue weighted by molar-refractivity contribution is 7.92. The Morgan fingerprint density at radius 3 is 2.35 bits per heavy atom. The summed E-state index contributed by atoms with van der Waals surface area (Å²) in [7, 11) is -1.34. The van der Waals surface area contributed by atoms with E-state index in [4.69, 9.17) is 21.1 Å². The van der Waals surface area contributed by atoms with E-state index in [1.54, 1.807) is 18.2 Å². The van der Waals surface area contributed by atoms with Crippen molar-refractivity contribution in [3.8, 4) is 11.5 Å². The van der Waals surface area contributed by atoms with Gasteiger partial charge in [-0.2, -0.15) is 0 Å². The van der Waals surface area contributed by atoms with Crippen LogP contribution < -0.4 is 19.5 Å². The van der Waals surface area contributed by atoms with Crippen LogP contribution in [0.15, 0.2) is 65.6 Å². The van der Waals surface area contributed by atoms with E-state index in [1.165, 1.54) is 44.6 Å². The van der Waals surface area contributed by atoms with Gasteiger partial charge in [-0.15, -0.1) is 0 Å². The summed E-state index contributed by atoms with van der Waals surface area (Å²) in [5.41, 5.74) is 0.0910. The molecule has 0 heterocycles. The Hall–Kier alpha value is -3.30. The van der Waals surface area contributed by atoms with Crippen LogP contribution in [0.3, 0.4) is 0 Å². The number of ether oxygens (including phenoxy) is 2. The summed E-state index contributed by atoms with van der Waals surface area (Å²) in [5.74, 6) is -0.893. The minimum atomic E-state index is -4.16. The Morgan fingerprint density at radius 2 is 1.71 bits per heavy atom. The fourth-order valence-electron chi connectivity index (χ4n) is 2.70. The van der Waals surface area contributed by atoms with Crippen molar-refractivity contribution in [2.75, 3.05) is 24.3 Å². The van der Waals surface area contributed by atoms with E-state index >= 15 is 0 Å². The van der Waals surface area contributed by atoms with Crippen molar-refractivity contribution in [3.63, 3.8) is 0 Å². The van der Waals surface area contributed by atoms with Crippen molar-refractivity contribution in [1.82, 2.24) is 0 Å². The van der Waals surface area contributed by atoms with Crippen LogP contribution in [-0.4, -0.2) is 28.5 Å². The number of carbonyl (C=O) groups excluding carboxylic acids is 1. The van der Waals surface area contributed by atoms with E-state index < -0.39 is 21.7 Å². The molecule has 0 unspecified atom stereocenters. The number of benzene rings is 3. The van der Waals surface area contributed by atoms with Gasteiger partial charge in [0.2, 0.25) is 0 Å². The first-order valence-electron chi connectivity index (χ1n) is 8.85. The molecule has 0 fully saturated rings. The lowest BCUT2D eigenvalue weighted by Crippen LogP contribution is -2.16. The fourth-order valence-corrected chi connectivity index (χ4v) is 3.99. The number of amides is 1. The van der Waals surface area contributed by atoms with Crippen LogP contribution in [-0.2, 0) is 10.0 Å². The van der Waals surface area contributed by atoms with Gasteiger partial charge in [-0.1, -0.05) is 23.7 Å². The van der Waals surface area contributed by atoms with E-state index in [-0.39, 0.29) is 32.6 Å². The molecule has 2 N–H and O–H groups in total. The van der Waals surface area contributed by atoms with Gasteiger partial charge in [0, 0.05) is 6.07 Å². The summed E-state index contributed by atoms with van der Waals surface area (Å²) in [5, 5.41) is 2.58. The molecule has 0 bridgehead atoms. The fraction of sp³-hybridized carbons (Fsp3) is 0.0952. The standard InChI is InChI=1S/C21H18ClFN2O5S/c1-29-13-7-10-20(30-2)19(11-13)25-31(27,28)14-8-9-18(17(23)12-14)24-21(26)15-5-3-4-6-16(15)22/h3-12,25H,1-2H3,(H,24,26). The molecule has 0 aromatic heterocycles. The van der Waals surface area contributed by atoms with E-state index in [1.807, 2.05) is 0 Å². The highest BCUT2D eigenvalue weighted by atomic mass is 35.5. The molecule has 0 saturated carbocycles. The summed E-state index contributed by atoms with van der Waals surface area (Å²) in [4.78, 5) is 12.0. The van der Waals surface area contributed by atoms with Gasteiger partial charge < -0.3 is 14.8 Å². The number of rotatable bonds is 7. The number of nitrogens with one attached hydrogen (secondary N) is 2. The van der Waals surface area contributed by atoms with Crippen LogP contribution in [0.1, 0.15) is 10.4 Å². The maximum atomic E-state index is 14.6. The third kappa shape index (κ3) is 5.07. The van der Waals surface area contributed by atoms with Gasteiger partial charge in [0.1, 0.15) is 17.3 Å². The van der Waals surface area contributed by atoms with Crippen molar-refractivity contribution >= 4 is 38.9 Å². The monoisotopic (exact) mass is 464 g/mol. The number of sulfonamides is 1. The molecule has 0 aliphatic heterocycles. The molecule has 162 valence electrons. The first-order valence-corrected chi connectivity index (χ1v) is 10.7. The number of methoxy groups -OCH3 is 2. The lowest BCUT2D eigenvalue weighted by Gasteiger charge is -2.14. The average molecular weight is 465 g/mol. The van der Waals surface area contributed by atoms with Crippen LogP contribution in [0.2, 0.25) is 5.02 Å². The molecule has 3 rings (SSSR count). The van der Waals surface area contributed by atoms with E-state index in [9.17, 15) is 17.6 Å². The Kier molecular flexibility index (Phi) is 6.67. The molecule has 0 aliphatic rings. The largest absolute Gasteiger partial charge is 0.497 e. The average Bonchev–Trinajstić information content (AvgIpc) is 2.75. The van der Waals surface area contributed by atoms with Crippen molar-refractivity contribution in [1.29, 1.82) is 0 Å². The van der Waals surface area contributed by atoms with E-state index in [0.717, 1.165) is 12.1 Å². The second-order valence-corrected chi connectivity index (χ2v) is 8.34. The number of hydrogen-bond acceptors (Lipinski definition) is 5. The van der Waals surface area contributed by atoms with Crippen LogP contribution >= 0.6 is 11.6 Å². The lowest BCUT2D eigenvalue weighted by atomic mass is 10.2. The second kappa shape index (κ2) is 9.23. The number of halogens is 2. The van der Waals surface area contributed by atoms with Crippen LogP contribution in [0.4, 0.5) is 15.8 Å². The number of hydrogen-bond donors (Lipinski definition) is 2. The maximum absolute atomic E-state index is 14.6. The van der Waals surface area contributed by atoms with Gasteiger partial charge in [-0.25, -0.2) is 12.8 Å². The molecule has 1 amide bonds. The molecule has 0 aliphatic carbocycles. The van der Waals surface area contributed by atoms with Crippen molar-refractivity contribution < 1.29 is 27.1 Å². The molecular weight excluding hydrogens is 447 g/mol. The predicted octanol–water partition coefficient (Wildman–Crippen LogP) is 4.55. The summed E-state index contributed by atoms with van der Waals surface area (Å²) >= 11 is 5.97. The molecular formula is C21H18ClFN2O5S. The molecule has 3 aromatic carbocycles. The topological polar surface area (TPSA) is 93.7 Å². The Morgan fingerprint density at radius 1 is 0.968 bits per heavy atom. The smallest absolute Gasteiger partial charge is 0.262 e. The maximum Gasteiger partial charge on any atom is 0.262 e. The minimum absolute atomic E-state index is 0.123. The highest BCUT2D eigenvalue weighted by Gasteiger charge is 2.20. The van der Waals surface area contributed by atoms with Crippen LogP contribution in [0.5, 0.6) is 11.5 Å². The molecule has 3 aromatic rings. The van der Waals surface area contributed by atoms with Crippen molar-refractivity contribution in [3.05, 3.63) is 77.1 Å². The lowest BCUT2D eigenvalue weighted by molar-refractivity contribution is 0.102. The summed E-state index contributed by atoms with van der Waals surface area (Å²) in [6.07, 6.45) is 0. The van der Waals surface area contributed by atoms with E-state index in [2.05, 4.69) is 10.0 Å². The molecule has 0 atom stereocenters. The molecule has 0 spiro atoms. The van der Waals surface area contributed by atoms with Gasteiger partial charge in [0.25, 0.3) is 15.9 Å². The van der Waals surface area contributed by atoms with Gasteiger partial charge in [-0.05, 0) is 42.5 Å². The second-order valence-electron chi connectivity index (χ2n) is 6.25. The van der Waals surface area contributed by atoms with Gasteiger partial charge in [0.05, 0.1) is 41.1 Å². The predicted molar refractivity (Wildman–Crippen MR) is 116 cm³/mol. The molecule has 31 heavy (non-hydrogen) atoms. The Balaban J connectivity index is 1.85. The molecule has 0 saturated heterocycles. The number of anilines is 2. The SMILES string of the molecule is COc1ccc(OC)c(NS(=O)(=O)c2ccc(NC(=O)c3ccccc3Cl)c(F)c2)c1. The van der Waals surface area contributed by atoms with Gasteiger partial charge in [-0.3, -0.25) is 9.52 Å². The Labute approximate surface area is 183 Å². The van der Waals surface area contributed by atoms with Crippen molar-refractivity contribution in [2.45, 2.75) is 4.90 Å². The summed E-state index contributed by atoms with van der Waals surface area (Å²) < 4.78 is 52.6. The summed E-state index contributed by atoms with van der Waals surface area (Å²) in [6, 6.07) is 14.0. The molecule has 10 heteroatoms. The molecule has 0 radical (unpaired) electrons. The first-order chi connectivity index (χ1) is 14.7. The van der Waals surface area contributed by atoms with Crippen LogP contribution in [0.25, 0.3) is 0 Å². The zero-order valence-corrected chi connectivity index (χ0v) is 18.1. The summed E-state index contributed by atoms with van der Waals surface area (Å²) in [6.45, 7) is 0. The normalized spacial score (nSPS) is 11.0. The zero-order chi connectivity index (χ0) is 22.6. The molecule has 7 nitrogen and oxygen atoms in total. The zero-order valence-electron chi connectivity index (χ0n) is 16.5. The quantitative estimate of drug-likeness (QED) is 0.535. The minimum Gasteiger partial charge on any atom is -0.497 e. The van der Waals surface area contributed by atoms with Gasteiger partial charge in [0.15, 0.2) is 0 Å². The van der Waals surface area contributed by atoms with Gasteiger partial charge >= 0.3 is 0 Å². The van der Waals surface area contributed by atoms with Crippen LogP contribution in [0, 0.1) is 5.82 Å². The van der Waals surface area contributed by atoms with Crippen molar-refractivity contribution in [2.24, 2.45) is 0 Å². The van der Waals surface area contributed by atoms with E-state index in [0.29, 0.717) is 5.75 Å². The number of carbonyl (C=O) groups is 1. The Bertz CT molecular complexity index is 1230. The third-order valence-corrected chi connectivity index (χ3v) is 5.96. The first kappa shape index (κ1) is 22.4. The highest BCUT2D eigenvalue weighted by Crippen LogP contribution is 2.31.